The summed E-state index contributed by atoms with van der Waals surface area (Å²) in [6.45, 7) is -1.47. The normalized spacial score (nSPS) is 11.6. The second kappa shape index (κ2) is 5.65. The van der Waals surface area contributed by atoms with E-state index in [1.54, 1.807) is 0 Å². The summed E-state index contributed by atoms with van der Waals surface area (Å²) < 4.78 is 28.6. The van der Waals surface area contributed by atoms with Gasteiger partial charge in [-0.25, -0.2) is 4.98 Å². The Morgan fingerprint density at radius 3 is 2.86 bits per heavy atom. The molecule has 0 amide bonds. The molecule has 6 heteroatoms. The van der Waals surface area contributed by atoms with E-state index in [9.17, 15) is 8.78 Å². The number of halogens is 2. The molecule has 1 N–H and O–H groups in total. The molecule has 0 aliphatic rings. The number of nitrogens with zero attached hydrogens (tertiary/aromatic N) is 3. The SMILES string of the molecule is CNCc1cccc2c1ccn2Cc1nccn1C(F)F. The molecule has 0 bridgehead atoms. The maximum Gasteiger partial charge on any atom is 0.319 e. The Bertz CT molecular complexity index is 745. The molecular formula is C15H16F2N4. The van der Waals surface area contributed by atoms with E-state index in [-0.39, 0.29) is 0 Å². The van der Waals surface area contributed by atoms with Crippen molar-refractivity contribution in [1.29, 1.82) is 0 Å². The first-order valence-corrected chi connectivity index (χ1v) is 6.72. The van der Waals surface area contributed by atoms with Crippen molar-refractivity contribution in [3.05, 3.63) is 54.2 Å². The molecule has 110 valence electrons. The zero-order chi connectivity index (χ0) is 14.8. The quantitative estimate of drug-likeness (QED) is 0.784. The Labute approximate surface area is 121 Å². The number of hydrogen-bond acceptors (Lipinski definition) is 2. The predicted octanol–water partition coefficient (Wildman–Crippen LogP) is 3.00. The van der Waals surface area contributed by atoms with E-state index in [1.807, 2.05) is 36.0 Å². The van der Waals surface area contributed by atoms with Crippen molar-refractivity contribution in [1.82, 2.24) is 19.4 Å². The molecule has 0 radical (unpaired) electrons. The van der Waals surface area contributed by atoms with Crippen LogP contribution in [0.5, 0.6) is 0 Å². The van der Waals surface area contributed by atoms with Crippen LogP contribution in [-0.2, 0) is 13.1 Å². The molecule has 3 aromatic rings. The lowest BCUT2D eigenvalue weighted by Gasteiger charge is -2.09. The highest BCUT2D eigenvalue weighted by Gasteiger charge is 2.13. The number of nitrogens with one attached hydrogen (secondary N) is 1. The zero-order valence-electron chi connectivity index (χ0n) is 11.6. The lowest BCUT2D eigenvalue weighted by molar-refractivity contribution is 0.0667. The number of fused-ring (bicyclic) bond motifs is 1. The molecule has 2 aromatic heterocycles. The molecule has 0 atom stereocenters. The lowest BCUT2D eigenvalue weighted by atomic mass is 10.1. The van der Waals surface area contributed by atoms with Crippen molar-refractivity contribution in [3.8, 4) is 0 Å². The number of benzene rings is 1. The van der Waals surface area contributed by atoms with Gasteiger partial charge in [0.05, 0.1) is 6.54 Å². The molecule has 4 nitrogen and oxygen atoms in total. The van der Waals surface area contributed by atoms with Gasteiger partial charge in [-0.15, -0.1) is 0 Å². The molecule has 0 fully saturated rings. The summed E-state index contributed by atoms with van der Waals surface area (Å²) >= 11 is 0. The van der Waals surface area contributed by atoms with Crippen molar-refractivity contribution in [2.24, 2.45) is 0 Å². The number of aromatic nitrogens is 3. The van der Waals surface area contributed by atoms with E-state index in [1.165, 1.54) is 18.0 Å². The van der Waals surface area contributed by atoms with E-state index < -0.39 is 6.55 Å². The summed E-state index contributed by atoms with van der Waals surface area (Å²) in [6, 6.07) is 8.04. The van der Waals surface area contributed by atoms with Crippen LogP contribution in [0.15, 0.2) is 42.9 Å². The number of hydrogen-bond donors (Lipinski definition) is 1. The standard InChI is InChI=1S/C15H16F2N4/c1-18-9-11-3-2-4-13-12(11)5-7-20(13)10-14-19-6-8-21(14)15(16)17/h2-8,15,18H,9-10H2,1H3. The Hall–Kier alpha value is -2.21. The molecule has 0 aliphatic heterocycles. The van der Waals surface area contributed by atoms with Crippen LogP contribution in [0.3, 0.4) is 0 Å². The van der Waals surface area contributed by atoms with Crippen LogP contribution < -0.4 is 5.32 Å². The van der Waals surface area contributed by atoms with E-state index in [2.05, 4.69) is 16.4 Å². The maximum atomic E-state index is 12.9. The summed E-state index contributed by atoms with van der Waals surface area (Å²) in [5.74, 6) is 0.349. The molecule has 0 aliphatic carbocycles. The third-order valence-corrected chi connectivity index (χ3v) is 3.54. The number of alkyl halides is 2. The van der Waals surface area contributed by atoms with Crippen molar-refractivity contribution < 1.29 is 8.78 Å². The van der Waals surface area contributed by atoms with Crippen molar-refractivity contribution in [3.63, 3.8) is 0 Å². The van der Waals surface area contributed by atoms with Crippen LogP contribution in [0, 0.1) is 0 Å². The highest BCUT2D eigenvalue weighted by atomic mass is 19.3. The number of rotatable bonds is 5. The molecule has 3 rings (SSSR count). The number of imidazole rings is 1. The third kappa shape index (κ3) is 2.54. The Morgan fingerprint density at radius 2 is 2.10 bits per heavy atom. The second-order valence-corrected chi connectivity index (χ2v) is 4.85. The van der Waals surface area contributed by atoms with Gasteiger partial charge in [0.15, 0.2) is 0 Å². The highest BCUT2D eigenvalue weighted by molar-refractivity contribution is 5.83. The Morgan fingerprint density at radius 1 is 1.24 bits per heavy atom. The largest absolute Gasteiger partial charge is 0.340 e. The Balaban J connectivity index is 1.98. The minimum atomic E-state index is -2.57. The lowest BCUT2D eigenvalue weighted by Crippen LogP contribution is -2.08. The van der Waals surface area contributed by atoms with Crippen LogP contribution in [0.4, 0.5) is 8.78 Å². The fraction of sp³-hybridized carbons (Fsp3) is 0.267. The van der Waals surface area contributed by atoms with Crippen molar-refractivity contribution in [2.45, 2.75) is 19.6 Å². The summed E-state index contributed by atoms with van der Waals surface area (Å²) in [4.78, 5) is 4.03. The topological polar surface area (TPSA) is 34.8 Å². The third-order valence-electron chi connectivity index (χ3n) is 3.54. The summed E-state index contributed by atoms with van der Waals surface area (Å²) in [7, 11) is 1.90. The Kier molecular flexibility index (Phi) is 3.70. The van der Waals surface area contributed by atoms with Gasteiger partial charge in [-0.1, -0.05) is 12.1 Å². The first-order valence-electron chi connectivity index (χ1n) is 6.72. The van der Waals surface area contributed by atoms with Gasteiger partial charge < -0.3 is 9.88 Å². The van der Waals surface area contributed by atoms with E-state index in [0.717, 1.165) is 22.0 Å². The molecule has 21 heavy (non-hydrogen) atoms. The van der Waals surface area contributed by atoms with Gasteiger partial charge in [-0.2, -0.15) is 8.78 Å². The van der Waals surface area contributed by atoms with Gasteiger partial charge in [-0.05, 0) is 24.7 Å². The molecule has 2 heterocycles. The smallest absolute Gasteiger partial charge is 0.319 e. The van der Waals surface area contributed by atoms with Crippen molar-refractivity contribution >= 4 is 10.9 Å². The highest BCUT2D eigenvalue weighted by Crippen LogP contribution is 2.22. The van der Waals surface area contributed by atoms with Crippen LogP contribution in [-0.4, -0.2) is 21.2 Å². The summed E-state index contributed by atoms with van der Waals surface area (Å²) in [6.07, 6.45) is 4.62. The maximum absolute atomic E-state index is 12.9. The van der Waals surface area contributed by atoms with E-state index >= 15 is 0 Å². The summed E-state index contributed by atoms with van der Waals surface area (Å²) in [5, 5.41) is 4.26. The molecule has 0 unspecified atom stereocenters. The molecule has 0 saturated carbocycles. The van der Waals surface area contributed by atoms with Crippen LogP contribution in [0.2, 0.25) is 0 Å². The summed E-state index contributed by atoms with van der Waals surface area (Å²) in [5.41, 5.74) is 2.21. The van der Waals surface area contributed by atoms with Gasteiger partial charge in [0.1, 0.15) is 5.82 Å². The zero-order valence-corrected chi connectivity index (χ0v) is 11.6. The van der Waals surface area contributed by atoms with Gasteiger partial charge in [0.25, 0.3) is 0 Å². The fourth-order valence-corrected chi connectivity index (χ4v) is 2.57. The molecule has 1 aromatic carbocycles. The minimum Gasteiger partial charge on any atom is -0.340 e. The minimum absolute atomic E-state index is 0.323. The first kappa shape index (κ1) is 13.8. The van der Waals surface area contributed by atoms with Gasteiger partial charge >= 0.3 is 6.55 Å². The van der Waals surface area contributed by atoms with Gasteiger partial charge in [0, 0.05) is 36.0 Å². The predicted molar refractivity (Wildman–Crippen MR) is 77.3 cm³/mol. The fourth-order valence-electron chi connectivity index (χ4n) is 2.57. The van der Waals surface area contributed by atoms with Crippen molar-refractivity contribution in [2.75, 3.05) is 7.05 Å². The van der Waals surface area contributed by atoms with Gasteiger partial charge in [-0.3, -0.25) is 4.57 Å². The average Bonchev–Trinajstić information content (AvgIpc) is 3.08. The van der Waals surface area contributed by atoms with E-state index in [0.29, 0.717) is 12.4 Å². The van der Waals surface area contributed by atoms with Crippen LogP contribution in [0.1, 0.15) is 17.9 Å². The van der Waals surface area contributed by atoms with Crippen LogP contribution >= 0.6 is 0 Å². The van der Waals surface area contributed by atoms with Gasteiger partial charge in [0.2, 0.25) is 0 Å². The first-order chi connectivity index (χ1) is 10.2. The molecule has 0 saturated heterocycles. The average molecular weight is 290 g/mol. The molecule has 0 spiro atoms. The monoisotopic (exact) mass is 290 g/mol. The van der Waals surface area contributed by atoms with Crippen LogP contribution in [0.25, 0.3) is 10.9 Å². The van der Waals surface area contributed by atoms with E-state index in [4.69, 9.17) is 0 Å². The second-order valence-electron chi connectivity index (χ2n) is 4.85. The molecular weight excluding hydrogens is 274 g/mol.